The fraction of sp³-hybridized carbons (Fsp3) is 0.333. The molecule has 2 aromatic carbocycles. The molecule has 1 heterocycles. The zero-order valence-corrected chi connectivity index (χ0v) is 14.7. The van der Waals surface area contributed by atoms with Gasteiger partial charge in [0.25, 0.3) is 0 Å². The Kier molecular flexibility index (Phi) is 5.17. The zero-order valence-electron chi connectivity index (χ0n) is 14.7. The molecule has 0 radical (unpaired) electrons. The predicted molar refractivity (Wildman–Crippen MR) is 97.7 cm³/mol. The summed E-state index contributed by atoms with van der Waals surface area (Å²) >= 11 is 0. The van der Waals surface area contributed by atoms with Gasteiger partial charge in [-0.05, 0) is 30.5 Å². The van der Waals surface area contributed by atoms with E-state index in [4.69, 9.17) is 0 Å². The third kappa shape index (κ3) is 3.90. The molecule has 1 N–H and O–H groups in total. The third-order valence-electron chi connectivity index (χ3n) is 4.99. The Balaban J connectivity index is 1.60. The quantitative estimate of drug-likeness (QED) is 0.911. The summed E-state index contributed by atoms with van der Waals surface area (Å²) in [6.07, 6.45) is 0.288. The molecule has 2 amide bonds. The van der Waals surface area contributed by atoms with Crippen LogP contribution in [-0.2, 0) is 16.1 Å². The molecule has 3 rings (SSSR count). The van der Waals surface area contributed by atoms with Gasteiger partial charge in [0, 0.05) is 19.5 Å². The van der Waals surface area contributed by atoms with Crippen molar-refractivity contribution in [3.05, 3.63) is 71.3 Å². The van der Waals surface area contributed by atoms with Crippen LogP contribution < -0.4 is 5.32 Å². The van der Waals surface area contributed by atoms with Gasteiger partial charge in [-0.3, -0.25) is 9.59 Å². The number of carbonyl (C=O) groups excluding carboxylic acids is 2. The van der Waals surface area contributed by atoms with Crippen molar-refractivity contribution >= 4 is 11.8 Å². The topological polar surface area (TPSA) is 49.4 Å². The number of nitrogens with zero attached hydrogens (tertiary/aromatic N) is 1. The first-order valence-corrected chi connectivity index (χ1v) is 8.73. The van der Waals surface area contributed by atoms with E-state index in [-0.39, 0.29) is 30.2 Å². The van der Waals surface area contributed by atoms with Crippen molar-refractivity contribution in [2.75, 3.05) is 6.54 Å². The average Bonchev–Trinajstić information content (AvgIpc) is 3.03. The molecule has 1 saturated heterocycles. The first kappa shape index (κ1) is 17.2. The zero-order chi connectivity index (χ0) is 17.8. The fourth-order valence-electron chi connectivity index (χ4n) is 3.33. The van der Waals surface area contributed by atoms with Gasteiger partial charge in [0.1, 0.15) is 0 Å². The van der Waals surface area contributed by atoms with Gasteiger partial charge in [-0.15, -0.1) is 0 Å². The molecule has 2 aromatic rings. The van der Waals surface area contributed by atoms with E-state index in [9.17, 15) is 9.59 Å². The maximum atomic E-state index is 12.5. The second-order valence-corrected chi connectivity index (χ2v) is 6.68. The molecule has 0 spiro atoms. The second-order valence-electron chi connectivity index (χ2n) is 6.68. The van der Waals surface area contributed by atoms with Gasteiger partial charge in [0.05, 0.1) is 12.0 Å². The Morgan fingerprint density at radius 1 is 1.16 bits per heavy atom. The molecule has 0 aromatic heterocycles. The highest BCUT2D eigenvalue weighted by molar-refractivity contribution is 5.89. The number of likely N-dealkylation sites (tertiary alicyclic amines) is 1. The Morgan fingerprint density at radius 2 is 1.84 bits per heavy atom. The van der Waals surface area contributed by atoms with Gasteiger partial charge in [-0.2, -0.15) is 0 Å². The molecule has 4 heteroatoms. The van der Waals surface area contributed by atoms with Crippen molar-refractivity contribution in [1.29, 1.82) is 0 Å². The lowest BCUT2D eigenvalue weighted by atomic mass is 10.1. The summed E-state index contributed by atoms with van der Waals surface area (Å²) < 4.78 is 0. The van der Waals surface area contributed by atoms with E-state index in [1.54, 1.807) is 0 Å². The van der Waals surface area contributed by atoms with E-state index in [0.717, 1.165) is 16.7 Å². The summed E-state index contributed by atoms with van der Waals surface area (Å²) in [7, 11) is 0. The van der Waals surface area contributed by atoms with Crippen molar-refractivity contribution in [2.45, 2.75) is 32.9 Å². The molecule has 1 aliphatic rings. The summed E-state index contributed by atoms with van der Waals surface area (Å²) in [6.45, 7) is 5.03. The third-order valence-corrected chi connectivity index (χ3v) is 4.99. The molecular weight excluding hydrogens is 312 g/mol. The Morgan fingerprint density at radius 3 is 2.56 bits per heavy atom. The largest absolute Gasteiger partial charge is 0.352 e. The van der Waals surface area contributed by atoms with Crippen LogP contribution in [0.3, 0.4) is 0 Å². The Bertz CT molecular complexity index is 758. The number of hydrogen-bond acceptors (Lipinski definition) is 2. The molecule has 2 atom stereocenters. The van der Waals surface area contributed by atoms with Crippen LogP contribution in [0.2, 0.25) is 0 Å². The summed E-state index contributed by atoms with van der Waals surface area (Å²) in [5.74, 6) is -0.269. The predicted octanol–water partition coefficient (Wildman–Crippen LogP) is 3.22. The van der Waals surface area contributed by atoms with Crippen molar-refractivity contribution in [3.63, 3.8) is 0 Å². The fourth-order valence-corrected chi connectivity index (χ4v) is 3.33. The van der Waals surface area contributed by atoms with Crippen LogP contribution in [0.15, 0.2) is 54.6 Å². The molecule has 0 aliphatic carbocycles. The van der Waals surface area contributed by atoms with Gasteiger partial charge in [-0.25, -0.2) is 0 Å². The second kappa shape index (κ2) is 7.51. The van der Waals surface area contributed by atoms with Gasteiger partial charge in [0.15, 0.2) is 0 Å². The number of aryl methyl sites for hydroxylation is 1. The van der Waals surface area contributed by atoms with Crippen molar-refractivity contribution in [1.82, 2.24) is 10.2 Å². The lowest BCUT2D eigenvalue weighted by molar-refractivity contribution is -0.130. The minimum atomic E-state index is -0.275. The van der Waals surface area contributed by atoms with Gasteiger partial charge in [-0.1, -0.05) is 54.6 Å². The van der Waals surface area contributed by atoms with Crippen LogP contribution in [0.25, 0.3) is 0 Å². The van der Waals surface area contributed by atoms with E-state index < -0.39 is 0 Å². The molecule has 25 heavy (non-hydrogen) atoms. The highest BCUT2D eigenvalue weighted by Crippen LogP contribution is 2.28. The molecule has 1 aliphatic heterocycles. The van der Waals surface area contributed by atoms with Gasteiger partial charge in [0.2, 0.25) is 11.8 Å². The summed E-state index contributed by atoms with van der Waals surface area (Å²) in [4.78, 5) is 26.7. The summed E-state index contributed by atoms with van der Waals surface area (Å²) in [5, 5.41) is 2.98. The molecule has 1 fully saturated rings. The molecular formula is C21H24N2O2. The van der Waals surface area contributed by atoms with Gasteiger partial charge >= 0.3 is 0 Å². The minimum absolute atomic E-state index is 0.0112. The smallest absolute Gasteiger partial charge is 0.225 e. The number of nitrogens with one attached hydrogen (secondary N) is 1. The van der Waals surface area contributed by atoms with Crippen LogP contribution in [0, 0.1) is 12.8 Å². The van der Waals surface area contributed by atoms with Crippen molar-refractivity contribution in [3.8, 4) is 0 Å². The highest BCUT2D eigenvalue weighted by Gasteiger charge is 2.36. The summed E-state index contributed by atoms with van der Waals surface area (Å²) in [5.41, 5.74) is 3.36. The lowest BCUT2D eigenvalue weighted by Crippen LogP contribution is -2.33. The van der Waals surface area contributed by atoms with E-state index >= 15 is 0 Å². The Labute approximate surface area is 148 Å². The number of hydrogen-bond donors (Lipinski definition) is 1. The molecule has 0 saturated carbocycles. The van der Waals surface area contributed by atoms with Crippen LogP contribution in [0.4, 0.5) is 0 Å². The maximum absolute atomic E-state index is 12.5. The Hall–Kier alpha value is -2.62. The average molecular weight is 336 g/mol. The summed E-state index contributed by atoms with van der Waals surface area (Å²) in [6, 6.07) is 17.9. The van der Waals surface area contributed by atoms with E-state index in [0.29, 0.717) is 13.1 Å². The molecule has 0 bridgehead atoms. The van der Waals surface area contributed by atoms with Crippen LogP contribution in [0.5, 0.6) is 0 Å². The van der Waals surface area contributed by atoms with Gasteiger partial charge < -0.3 is 10.2 Å². The van der Waals surface area contributed by atoms with E-state index in [1.165, 1.54) is 0 Å². The normalized spacial score (nSPS) is 18.2. The lowest BCUT2D eigenvalue weighted by Gasteiger charge is -2.25. The number of amides is 2. The van der Waals surface area contributed by atoms with Crippen LogP contribution in [-0.4, -0.2) is 23.3 Å². The van der Waals surface area contributed by atoms with E-state index in [2.05, 4.69) is 5.32 Å². The van der Waals surface area contributed by atoms with E-state index in [1.807, 2.05) is 73.3 Å². The first-order chi connectivity index (χ1) is 12.1. The molecule has 130 valence electrons. The van der Waals surface area contributed by atoms with Crippen molar-refractivity contribution in [2.24, 2.45) is 5.92 Å². The monoisotopic (exact) mass is 336 g/mol. The SMILES string of the molecule is Cc1ccccc1CNC(=O)C1CC(=O)N(C(C)c2ccccc2)C1. The highest BCUT2D eigenvalue weighted by atomic mass is 16.2. The first-order valence-electron chi connectivity index (χ1n) is 8.73. The molecule has 2 unspecified atom stereocenters. The van der Waals surface area contributed by atoms with Crippen molar-refractivity contribution < 1.29 is 9.59 Å². The minimum Gasteiger partial charge on any atom is -0.352 e. The number of rotatable bonds is 5. The maximum Gasteiger partial charge on any atom is 0.225 e. The molecule has 4 nitrogen and oxygen atoms in total. The number of carbonyl (C=O) groups is 2. The standard InChI is InChI=1S/C21H24N2O2/c1-15-8-6-7-11-18(15)13-22-21(25)19-12-20(24)23(14-19)16(2)17-9-4-3-5-10-17/h3-11,16,19H,12-14H2,1-2H3,(H,22,25). The number of benzene rings is 2. The van der Waals surface area contributed by atoms with Crippen LogP contribution >= 0.6 is 0 Å². The van der Waals surface area contributed by atoms with Crippen LogP contribution in [0.1, 0.15) is 36.1 Å².